The molecule has 1 N–H and O–H groups in total. The maximum Gasteiger partial charge on any atom is 0.142 e. The number of rotatable bonds is 4. The van der Waals surface area contributed by atoms with Gasteiger partial charge in [0.2, 0.25) is 0 Å². The first kappa shape index (κ1) is 10.2. The lowest BCUT2D eigenvalue weighted by Gasteiger charge is -2.04. The SMILES string of the molecule is N#Cc1cc(NCCc2ccco2)ccn1. The van der Waals surface area contributed by atoms with Crippen LogP contribution >= 0.6 is 0 Å². The van der Waals surface area contributed by atoms with Gasteiger partial charge in [-0.15, -0.1) is 0 Å². The molecule has 0 atom stereocenters. The predicted molar refractivity (Wildman–Crippen MR) is 59.9 cm³/mol. The van der Waals surface area contributed by atoms with Crippen molar-refractivity contribution in [2.75, 3.05) is 11.9 Å². The van der Waals surface area contributed by atoms with E-state index in [0.29, 0.717) is 5.69 Å². The molecule has 0 aliphatic carbocycles. The molecule has 2 rings (SSSR count). The first-order valence-corrected chi connectivity index (χ1v) is 5.01. The van der Waals surface area contributed by atoms with Gasteiger partial charge in [0.05, 0.1) is 6.26 Å². The van der Waals surface area contributed by atoms with Crippen molar-refractivity contribution in [1.29, 1.82) is 5.26 Å². The molecule has 0 aliphatic heterocycles. The van der Waals surface area contributed by atoms with E-state index in [4.69, 9.17) is 9.68 Å². The average Bonchev–Trinajstić information content (AvgIpc) is 2.82. The Labute approximate surface area is 93.5 Å². The second-order valence-electron chi connectivity index (χ2n) is 3.30. The van der Waals surface area contributed by atoms with E-state index in [-0.39, 0.29) is 0 Å². The number of hydrogen-bond donors (Lipinski definition) is 1. The van der Waals surface area contributed by atoms with E-state index >= 15 is 0 Å². The van der Waals surface area contributed by atoms with Gasteiger partial charge in [-0.1, -0.05) is 0 Å². The summed E-state index contributed by atoms with van der Waals surface area (Å²) in [5.41, 5.74) is 1.32. The third kappa shape index (κ3) is 2.61. The summed E-state index contributed by atoms with van der Waals surface area (Å²) in [5, 5.41) is 11.9. The molecule has 0 saturated carbocycles. The molecule has 0 bridgehead atoms. The van der Waals surface area contributed by atoms with Crippen molar-refractivity contribution in [3.63, 3.8) is 0 Å². The first-order valence-electron chi connectivity index (χ1n) is 5.01. The Hall–Kier alpha value is -2.28. The molecule has 16 heavy (non-hydrogen) atoms. The van der Waals surface area contributed by atoms with Crippen LogP contribution in [0.2, 0.25) is 0 Å². The summed E-state index contributed by atoms with van der Waals surface area (Å²) in [5.74, 6) is 0.946. The fourth-order valence-electron chi connectivity index (χ4n) is 1.39. The Morgan fingerprint density at radius 1 is 1.44 bits per heavy atom. The summed E-state index contributed by atoms with van der Waals surface area (Å²) in [6.45, 7) is 0.766. The van der Waals surface area contributed by atoms with Crippen LogP contribution in [0.4, 0.5) is 5.69 Å². The van der Waals surface area contributed by atoms with Crippen LogP contribution < -0.4 is 5.32 Å². The highest BCUT2D eigenvalue weighted by Crippen LogP contribution is 2.08. The quantitative estimate of drug-likeness (QED) is 0.845. The molecule has 0 radical (unpaired) electrons. The minimum absolute atomic E-state index is 0.419. The Morgan fingerprint density at radius 3 is 3.12 bits per heavy atom. The van der Waals surface area contributed by atoms with Crippen LogP contribution in [0.5, 0.6) is 0 Å². The van der Waals surface area contributed by atoms with Crippen molar-refractivity contribution in [1.82, 2.24) is 4.98 Å². The number of nitrogens with zero attached hydrogens (tertiary/aromatic N) is 2. The van der Waals surface area contributed by atoms with Gasteiger partial charge < -0.3 is 9.73 Å². The molecular weight excluding hydrogens is 202 g/mol. The van der Waals surface area contributed by atoms with Gasteiger partial charge in [0, 0.05) is 24.8 Å². The van der Waals surface area contributed by atoms with Gasteiger partial charge in [-0.25, -0.2) is 4.98 Å². The van der Waals surface area contributed by atoms with Gasteiger partial charge in [0.15, 0.2) is 0 Å². The molecule has 80 valence electrons. The fraction of sp³-hybridized carbons (Fsp3) is 0.167. The molecule has 0 saturated heterocycles. The zero-order valence-electron chi connectivity index (χ0n) is 8.68. The van der Waals surface area contributed by atoms with Crippen molar-refractivity contribution in [3.05, 3.63) is 48.2 Å². The summed E-state index contributed by atoms with van der Waals surface area (Å²) < 4.78 is 5.21. The lowest BCUT2D eigenvalue weighted by molar-refractivity contribution is 0.513. The largest absolute Gasteiger partial charge is 0.469 e. The fourth-order valence-corrected chi connectivity index (χ4v) is 1.39. The second kappa shape index (κ2) is 4.99. The molecule has 0 amide bonds. The van der Waals surface area contributed by atoms with E-state index in [2.05, 4.69) is 10.3 Å². The molecule has 4 nitrogen and oxygen atoms in total. The highest BCUT2D eigenvalue weighted by Gasteiger charge is 1.97. The Kier molecular flexibility index (Phi) is 3.19. The normalized spacial score (nSPS) is 9.69. The average molecular weight is 213 g/mol. The monoisotopic (exact) mass is 213 g/mol. The van der Waals surface area contributed by atoms with Gasteiger partial charge in [0.25, 0.3) is 0 Å². The van der Waals surface area contributed by atoms with Crippen LogP contribution in [0.1, 0.15) is 11.5 Å². The van der Waals surface area contributed by atoms with E-state index in [1.165, 1.54) is 0 Å². The third-order valence-electron chi connectivity index (χ3n) is 2.16. The number of aromatic nitrogens is 1. The maximum atomic E-state index is 8.68. The lowest BCUT2D eigenvalue weighted by Crippen LogP contribution is -2.04. The predicted octanol–water partition coefficient (Wildman–Crippen LogP) is 2.20. The lowest BCUT2D eigenvalue weighted by atomic mass is 10.3. The van der Waals surface area contributed by atoms with Crippen molar-refractivity contribution in [3.8, 4) is 6.07 Å². The minimum atomic E-state index is 0.419. The summed E-state index contributed by atoms with van der Waals surface area (Å²) >= 11 is 0. The van der Waals surface area contributed by atoms with Gasteiger partial charge in [-0.2, -0.15) is 5.26 Å². The van der Waals surface area contributed by atoms with Crippen LogP contribution in [0.25, 0.3) is 0 Å². The summed E-state index contributed by atoms with van der Waals surface area (Å²) in [4.78, 5) is 3.90. The molecule has 2 aromatic rings. The van der Waals surface area contributed by atoms with Gasteiger partial charge in [0.1, 0.15) is 17.5 Å². The van der Waals surface area contributed by atoms with E-state index in [1.54, 1.807) is 18.5 Å². The number of nitrogens with one attached hydrogen (secondary N) is 1. The van der Waals surface area contributed by atoms with Crippen LogP contribution in [0.3, 0.4) is 0 Å². The molecule has 0 unspecified atom stereocenters. The second-order valence-corrected chi connectivity index (χ2v) is 3.30. The smallest absolute Gasteiger partial charge is 0.142 e. The highest BCUT2D eigenvalue weighted by molar-refractivity contribution is 5.45. The van der Waals surface area contributed by atoms with Crippen LogP contribution in [-0.2, 0) is 6.42 Å². The first-order chi connectivity index (χ1) is 7.88. The molecule has 2 heterocycles. The molecule has 0 fully saturated rings. The molecular formula is C12H11N3O. The number of pyridine rings is 1. The molecule has 0 aliphatic rings. The van der Waals surface area contributed by atoms with Gasteiger partial charge >= 0.3 is 0 Å². The van der Waals surface area contributed by atoms with E-state index in [1.807, 2.05) is 24.3 Å². The maximum absolute atomic E-state index is 8.68. The van der Waals surface area contributed by atoms with Crippen LogP contribution in [0.15, 0.2) is 41.1 Å². The van der Waals surface area contributed by atoms with Crippen LogP contribution in [-0.4, -0.2) is 11.5 Å². The zero-order valence-corrected chi connectivity index (χ0v) is 8.68. The van der Waals surface area contributed by atoms with Crippen molar-refractivity contribution < 1.29 is 4.42 Å². The van der Waals surface area contributed by atoms with Crippen molar-refractivity contribution in [2.24, 2.45) is 0 Å². The van der Waals surface area contributed by atoms with Crippen LogP contribution in [0, 0.1) is 11.3 Å². The van der Waals surface area contributed by atoms with Crippen molar-refractivity contribution >= 4 is 5.69 Å². The number of anilines is 1. The highest BCUT2D eigenvalue weighted by atomic mass is 16.3. The Bertz CT molecular complexity index is 485. The van der Waals surface area contributed by atoms with Crippen molar-refractivity contribution in [2.45, 2.75) is 6.42 Å². The van der Waals surface area contributed by atoms with E-state index < -0.39 is 0 Å². The standard InChI is InChI=1S/C12H11N3O/c13-9-11-8-10(3-5-15-11)14-6-4-12-2-1-7-16-12/h1-3,5,7-8H,4,6H2,(H,14,15). The van der Waals surface area contributed by atoms with Gasteiger partial charge in [-0.05, 0) is 24.3 Å². The molecule has 2 aromatic heterocycles. The molecule has 4 heteroatoms. The summed E-state index contributed by atoms with van der Waals surface area (Å²) in [6, 6.07) is 9.37. The topological polar surface area (TPSA) is 61.9 Å². The van der Waals surface area contributed by atoms with Gasteiger partial charge in [-0.3, -0.25) is 0 Å². The zero-order chi connectivity index (χ0) is 11.2. The van der Waals surface area contributed by atoms with E-state index in [9.17, 15) is 0 Å². The summed E-state index contributed by atoms with van der Waals surface area (Å²) in [6.07, 6.45) is 4.10. The number of hydrogen-bond acceptors (Lipinski definition) is 4. The Balaban J connectivity index is 1.88. The van der Waals surface area contributed by atoms with E-state index in [0.717, 1.165) is 24.4 Å². The molecule has 0 aromatic carbocycles. The summed E-state index contributed by atoms with van der Waals surface area (Å²) in [7, 11) is 0. The number of furan rings is 1. The minimum Gasteiger partial charge on any atom is -0.469 e. The molecule has 0 spiro atoms. The third-order valence-corrected chi connectivity index (χ3v) is 2.16. The Morgan fingerprint density at radius 2 is 2.38 bits per heavy atom. The number of nitriles is 1.